The lowest BCUT2D eigenvalue weighted by molar-refractivity contribution is 0.249. The molecule has 7 heteroatoms. The van der Waals surface area contributed by atoms with E-state index >= 15 is 0 Å². The number of benzene rings is 1. The van der Waals surface area contributed by atoms with Gasteiger partial charge in [-0.1, -0.05) is 39.0 Å². The monoisotopic (exact) mass is 355 g/mol. The number of urea groups is 1. The second-order valence-corrected chi connectivity index (χ2v) is 7.07. The van der Waals surface area contributed by atoms with Gasteiger partial charge in [0.2, 0.25) is 0 Å². The van der Waals surface area contributed by atoms with Crippen LogP contribution in [0.25, 0.3) is 0 Å². The van der Waals surface area contributed by atoms with Gasteiger partial charge < -0.3 is 16.2 Å². The number of phenolic OH excluding ortho intramolecular Hbond substituents is 1. The van der Waals surface area contributed by atoms with E-state index in [0.29, 0.717) is 24.4 Å². The maximum atomic E-state index is 10.9. The predicted octanol–water partition coefficient (Wildman–Crippen LogP) is 2.81. The Morgan fingerprint density at radius 1 is 1.27 bits per heavy atom. The lowest BCUT2D eigenvalue weighted by Crippen LogP contribution is -2.31. The van der Waals surface area contributed by atoms with Crippen molar-refractivity contribution in [1.82, 2.24) is 5.32 Å². The molecule has 0 saturated carbocycles. The molecule has 0 saturated heterocycles. The molecule has 0 atom stereocenters. The van der Waals surface area contributed by atoms with Gasteiger partial charge in [0.25, 0.3) is 0 Å². The van der Waals surface area contributed by atoms with Crippen molar-refractivity contribution in [3.8, 4) is 5.75 Å². The van der Waals surface area contributed by atoms with Gasteiger partial charge in [0.1, 0.15) is 11.5 Å². The Hall–Kier alpha value is -3.09. The van der Waals surface area contributed by atoms with Crippen LogP contribution in [0.1, 0.15) is 31.9 Å². The molecule has 138 valence electrons. The second-order valence-electron chi connectivity index (χ2n) is 7.07. The van der Waals surface area contributed by atoms with Crippen molar-refractivity contribution in [1.29, 1.82) is 5.41 Å². The molecule has 2 rings (SSSR count). The molecule has 1 aromatic rings. The highest BCUT2D eigenvalue weighted by Crippen LogP contribution is 2.37. The van der Waals surface area contributed by atoms with Crippen LogP contribution in [0.2, 0.25) is 0 Å². The number of rotatable bonds is 5. The van der Waals surface area contributed by atoms with E-state index in [1.54, 1.807) is 30.4 Å². The SMILES string of the molecule is CC(C)(C)c1cc(CCNC(N)=O)cc(N/N=C2/C=CC=CC2=N)c1O. The van der Waals surface area contributed by atoms with Crippen molar-refractivity contribution in [2.75, 3.05) is 12.0 Å². The van der Waals surface area contributed by atoms with Crippen LogP contribution in [0, 0.1) is 5.41 Å². The molecule has 1 aliphatic carbocycles. The first-order valence-electron chi connectivity index (χ1n) is 8.35. The number of hydrogen-bond donors (Lipinski definition) is 5. The van der Waals surface area contributed by atoms with E-state index in [1.165, 1.54) is 0 Å². The molecular formula is C19H25N5O2. The zero-order valence-corrected chi connectivity index (χ0v) is 15.3. The summed E-state index contributed by atoms with van der Waals surface area (Å²) in [4.78, 5) is 10.9. The maximum Gasteiger partial charge on any atom is 0.312 e. The summed E-state index contributed by atoms with van der Waals surface area (Å²) in [5, 5.41) is 25.3. The molecule has 0 aliphatic heterocycles. The molecule has 26 heavy (non-hydrogen) atoms. The highest BCUT2D eigenvalue weighted by Gasteiger charge is 2.21. The van der Waals surface area contributed by atoms with Gasteiger partial charge in [-0.25, -0.2) is 4.79 Å². The summed E-state index contributed by atoms with van der Waals surface area (Å²) < 4.78 is 0. The van der Waals surface area contributed by atoms with Gasteiger partial charge >= 0.3 is 6.03 Å². The Labute approximate surface area is 153 Å². The average molecular weight is 355 g/mol. The Bertz CT molecular complexity index is 801. The van der Waals surface area contributed by atoms with Crippen molar-refractivity contribution >= 4 is 23.1 Å². The van der Waals surface area contributed by atoms with E-state index < -0.39 is 6.03 Å². The molecule has 0 fully saturated rings. The third kappa shape index (κ3) is 4.95. The van der Waals surface area contributed by atoms with Crippen molar-refractivity contribution < 1.29 is 9.90 Å². The van der Waals surface area contributed by atoms with Crippen LogP contribution in [0.3, 0.4) is 0 Å². The highest BCUT2D eigenvalue weighted by molar-refractivity contribution is 6.50. The van der Waals surface area contributed by atoms with Gasteiger partial charge in [-0.3, -0.25) is 10.8 Å². The minimum Gasteiger partial charge on any atom is -0.505 e. The number of hydrogen-bond acceptors (Lipinski definition) is 5. The van der Waals surface area contributed by atoms with Gasteiger partial charge in [-0.15, -0.1) is 0 Å². The fraction of sp³-hybridized carbons (Fsp3) is 0.316. The third-order valence-electron chi connectivity index (χ3n) is 3.89. The van der Waals surface area contributed by atoms with Crippen LogP contribution < -0.4 is 16.5 Å². The molecule has 0 aromatic heterocycles. The first-order valence-corrected chi connectivity index (χ1v) is 8.35. The molecule has 0 unspecified atom stereocenters. The number of anilines is 1. The topological polar surface area (TPSA) is 124 Å². The molecular weight excluding hydrogens is 330 g/mol. The first kappa shape index (κ1) is 19.2. The van der Waals surface area contributed by atoms with E-state index in [2.05, 4.69) is 15.8 Å². The van der Waals surface area contributed by atoms with E-state index in [9.17, 15) is 9.90 Å². The standard InChI is InChI=1S/C19H25N5O2/c1-19(2,3)13-10-12(8-9-22-18(21)26)11-16(17(13)25)24-23-15-7-5-4-6-14(15)20/h4-7,10-11,20,24-25H,8-9H2,1-3H3,(H3,21,22,26)/b20-14?,23-15-. The van der Waals surface area contributed by atoms with Crippen LogP contribution in [0.15, 0.2) is 41.5 Å². The van der Waals surface area contributed by atoms with Gasteiger partial charge in [0.15, 0.2) is 0 Å². The number of amides is 2. The summed E-state index contributed by atoms with van der Waals surface area (Å²) in [5.74, 6) is 0.121. The van der Waals surface area contributed by atoms with Gasteiger partial charge in [0, 0.05) is 12.1 Å². The summed E-state index contributed by atoms with van der Waals surface area (Å²) in [6.45, 7) is 6.42. The van der Waals surface area contributed by atoms with Crippen molar-refractivity contribution in [3.63, 3.8) is 0 Å². The summed E-state index contributed by atoms with van der Waals surface area (Å²) >= 11 is 0. The molecule has 0 radical (unpaired) electrons. The Morgan fingerprint density at radius 2 is 1.96 bits per heavy atom. The number of carbonyl (C=O) groups excluding carboxylic acids is 1. The fourth-order valence-electron chi connectivity index (χ4n) is 2.52. The summed E-state index contributed by atoms with van der Waals surface area (Å²) in [6.07, 6.45) is 7.49. The number of nitrogens with one attached hydrogen (secondary N) is 3. The van der Waals surface area contributed by atoms with Crippen LogP contribution in [-0.2, 0) is 11.8 Å². The largest absolute Gasteiger partial charge is 0.505 e. The number of carbonyl (C=O) groups is 1. The smallest absolute Gasteiger partial charge is 0.312 e. The van der Waals surface area contributed by atoms with Crippen molar-refractivity contribution in [3.05, 3.63) is 47.6 Å². The number of nitrogens with zero attached hydrogens (tertiary/aromatic N) is 1. The lowest BCUT2D eigenvalue weighted by Gasteiger charge is -2.23. The molecule has 1 aliphatic rings. The number of phenols is 1. The van der Waals surface area contributed by atoms with Gasteiger partial charge in [0.05, 0.1) is 11.4 Å². The van der Waals surface area contributed by atoms with E-state index in [1.807, 2.05) is 26.8 Å². The van der Waals surface area contributed by atoms with Gasteiger partial charge in [-0.05, 0) is 35.6 Å². The molecule has 1 aromatic carbocycles. The number of allylic oxidation sites excluding steroid dienone is 4. The number of nitrogens with two attached hydrogens (primary N) is 1. The second kappa shape index (κ2) is 7.86. The van der Waals surface area contributed by atoms with Crippen molar-refractivity contribution in [2.24, 2.45) is 10.8 Å². The van der Waals surface area contributed by atoms with Gasteiger partial charge in [-0.2, -0.15) is 5.10 Å². The molecule has 0 bridgehead atoms. The number of hydrazone groups is 1. The first-order chi connectivity index (χ1) is 12.2. The zero-order chi connectivity index (χ0) is 19.3. The normalized spacial score (nSPS) is 15.3. The maximum absolute atomic E-state index is 10.9. The molecule has 7 nitrogen and oxygen atoms in total. The summed E-state index contributed by atoms with van der Waals surface area (Å²) in [6, 6.07) is 3.13. The zero-order valence-electron chi connectivity index (χ0n) is 15.3. The van der Waals surface area contributed by atoms with Crippen LogP contribution in [-0.4, -0.2) is 29.1 Å². The third-order valence-corrected chi connectivity index (χ3v) is 3.89. The molecule has 2 amide bonds. The molecule has 0 heterocycles. The predicted molar refractivity (Wildman–Crippen MR) is 105 cm³/mol. The Morgan fingerprint density at radius 3 is 2.58 bits per heavy atom. The van der Waals surface area contributed by atoms with E-state index in [-0.39, 0.29) is 16.9 Å². The quantitative estimate of drug-likeness (QED) is 0.317. The number of primary amides is 1. The fourth-order valence-corrected chi connectivity index (χ4v) is 2.52. The van der Waals surface area contributed by atoms with E-state index in [4.69, 9.17) is 11.1 Å². The lowest BCUT2D eigenvalue weighted by atomic mass is 9.84. The Kier molecular flexibility index (Phi) is 5.82. The summed E-state index contributed by atoms with van der Waals surface area (Å²) in [7, 11) is 0. The van der Waals surface area contributed by atoms with E-state index in [0.717, 1.165) is 11.1 Å². The van der Waals surface area contributed by atoms with Crippen LogP contribution in [0.5, 0.6) is 5.75 Å². The van der Waals surface area contributed by atoms with Crippen LogP contribution in [0.4, 0.5) is 10.5 Å². The Balaban J connectivity index is 2.32. The van der Waals surface area contributed by atoms with Crippen molar-refractivity contribution in [2.45, 2.75) is 32.6 Å². The van der Waals surface area contributed by atoms with Crippen LogP contribution >= 0.6 is 0 Å². The summed E-state index contributed by atoms with van der Waals surface area (Å²) in [5.41, 5.74) is 10.6. The highest BCUT2D eigenvalue weighted by atomic mass is 16.3. The molecule has 6 N–H and O–H groups in total. The minimum absolute atomic E-state index is 0.121. The average Bonchev–Trinajstić information content (AvgIpc) is 2.54. The molecule has 0 spiro atoms. The minimum atomic E-state index is -0.569. The number of aromatic hydroxyl groups is 1.